The predicted molar refractivity (Wildman–Crippen MR) is 83.1 cm³/mol. The molecular formula is C16H23N3O2. The highest BCUT2D eigenvalue weighted by atomic mass is 16.2. The normalized spacial score (nSPS) is 15.3. The summed E-state index contributed by atoms with van der Waals surface area (Å²) in [5.74, 6) is -0.0712. The fourth-order valence-corrected chi connectivity index (χ4v) is 2.01. The third-order valence-corrected chi connectivity index (χ3v) is 3.41. The first-order chi connectivity index (χ1) is 10.0. The molecule has 1 unspecified atom stereocenters. The van der Waals surface area contributed by atoms with E-state index in [9.17, 15) is 9.59 Å². The lowest BCUT2D eigenvalue weighted by atomic mass is 10.1. The van der Waals surface area contributed by atoms with E-state index < -0.39 is 0 Å². The monoisotopic (exact) mass is 289 g/mol. The largest absolute Gasteiger partial charge is 0.349 e. The maximum absolute atomic E-state index is 11.8. The number of hydrogen-bond donors (Lipinski definition) is 3. The standard InChI is InChI=1S/C16H23N3O2/c1-11(17)3-2-4-15(20)18-13-7-5-12(6-8-13)16(21)19-14-9-10-14/h5-8,11,14H,2-4,9-10,17H2,1H3,(H,18,20)(H,19,21). The summed E-state index contributed by atoms with van der Waals surface area (Å²) in [7, 11) is 0. The number of rotatable bonds is 7. The van der Waals surface area contributed by atoms with Crippen LogP contribution in [0.5, 0.6) is 0 Å². The van der Waals surface area contributed by atoms with Crippen molar-refractivity contribution in [1.29, 1.82) is 0 Å². The molecule has 0 heterocycles. The Morgan fingerprint density at radius 2 is 1.95 bits per heavy atom. The molecule has 5 heteroatoms. The summed E-state index contributed by atoms with van der Waals surface area (Å²) in [5, 5.41) is 5.75. The molecule has 0 radical (unpaired) electrons. The number of nitrogens with one attached hydrogen (secondary N) is 2. The topological polar surface area (TPSA) is 84.2 Å². The molecule has 21 heavy (non-hydrogen) atoms. The van der Waals surface area contributed by atoms with Crippen molar-refractivity contribution in [3.05, 3.63) is 29.8 Å². The number of carbonyl (C=O) groups is 2. The minimum atomic E-state index is -0.0488. The molecule has 0 aromatic heterocycles. The van der Waals surface area contributed by atoms with Gasteiger partial charge in [-0.2, -0.15) is 0 Å². The summed E-state index contributed by atoms with van der Waals surface area (Å²) in [4.78, 5) is 23.6. The van der Waals surface area contributed by atoms with Crippen LogP contribution in [-0.2, 0) is 4.79 Å². The lowest BCUT2D eigenvalue weighted by Gasteiger charge is -2.08. The Morgan fingerprint density at radius 1 is 1.29 bits per heavy atom. The summed E-state index contributed by atoms with van der Waals surface area (Å²) in [5.41, 5.74) is 6.98. The average Bonchev–Trinajstić information content (AvgIpc) is 3.23. The molecule has 0 aliphatic heterocycles. The molecule has 1 atom stereocenters. The fraction of sp³-hybridized carbons (Fsp3) is 0.500. The number of benzene rings is 1. The van der Waals surface area contributed by atoms with E-state index in [2.05, 4.69) is 10.6 Å². The molecular weight excluding hydrogens is 266 g/mol. The zero-order valence-electron chi connectivity index (χ0n) is 12.4. The van der Waals surface area contributed by atoms with Crippen molar-refractivity contribution in [3.8, 4) is 0 Å². The van der Waals surface area contributed by atoms with Crippen LogP contribution in [0, 0.1) is 0 Å². The van der Waals surface area contributed by atoms with Crippen LogP contribution in [0.4, 0.5) is 5.69 Å². The van der Waals surface area contributed by atoms with Gasteiger partial charge in [-0.25, -0.2) is 0 Å². The lowest BCUT2D eigenvalue weighted by molar-refractivity contribution is -0.116. The Kier molecular flexibility index (Phi) is 5.33. The van der Waals surface area contributed by atoms with Crippen molar-refractivity contribution in [2.45, 2.75) is 51.1 Å². The van der Waals surface area contributed by atoms with Crippen molar-refractivity contribution >= 4 is 17.5 Å². The van der Waals surface area contributed by atoms with Crippen LogP contribution in [0.1, 0.15) is 49.4 Å². The molecule has 0 spiro atoms. The molecule has 0 bridgehead atoms. The Labute approximate surface area is 125 Å². The van der Waals surface area contributed by atoms with E-state index in [4.69, 9.17) is 5.73 Å². The fourth-order valence-electron chi connectivity index (χ4n) is 2.01. The Bertz CT molecular complexity index is 493. The van der Waals surface area contributed by atoms with Crippen molar-refractivity contribution in [1.82, 2.24) is 5.32 Å². The molecule has 1 aromatic rings. The summed E-state index contributed by atoms with van der Waals surface area (Å²) >= 11 is 0. The minimum absolute atomic E-state index is 0.0224. The number of nitrogens with two attached hydrogens (primary N) is 1. The zero-order valence-corrected chi connectivity index (χ0v) is 12.4. The van der Waals surface area contributed by atoms with Crippen LogP contribution in [0.3, 0.4) is 0 Å². The van der Waals surface area contributed by atoms with Gasteiger partial charge in [0, 0.05) is 29.8 Å². The van der Waals surface area contributed by atoms with Gasteiger partial charge in [-0.15, -0.1) is 0 Å². The van der Waals surface area contributed by atoms with Gasteiger partial charge in [0.2, 0.25) is 5.91 Å². The predicted octanol–water partition coefficient (Wildman–Crippen LogP) is 2.03. The van der Waals surface area contributed by atoms with Crippen LogP contribution in [-0.4, -0.2) is 23.9 Å². The van der Waals surface area contributed by atoms with Gasteiger partial charge in [0.1, 0.15) is 0 Å². The summed E-state index contributed by atoms with van der Waals surface area (Å²) in [6, 6.07) is 7.45. The SMILES string of the molecule is CC(N)CCCC(=O)Nc1ccc(C(=O)NC2CC2)cc1. The molecule has 1 fully saturated rings. The number of amides is 2. The van der Waals surface area contributed by atoms with E-state index in [0.29, 0.717) is 23.7 Å². The van der Waals surface area contributed by atoms with Crippen molar-refractivity contribution in [3.63, 3.8) is 0 Å². The first-order valence-electron chi connectivity index (χ1n) is 7.51. The number of anilines is 1. The molecule has 0 saturated heterocycles. The maximum atomic E-state index is 11.8. The Hall–Kier alpha value is -1.88. The molecule has 2 amide bonds. The van der Waals surface area contributed by atoms with E-state index in [1.165, 1.54) is 0 Å². The van der Waals surface area contributed by atoms with Gasteiger partial charge in [-0.3, -0.25) is 9.59 Å². The molecule has 1 aliphatic carbocycles. The van der Waals surface area contributed by atoms with Gasteiger partial charge in [-0.05, 0) is 56.9 Å². The van der Waals surface area contributed by atoms with Crippen LogP contribution >= 0.6 is 0 Å². The van der Waals surface area contributed by atoms with Crippen LogP contribution in [0.2, 0.25) is 0 Å². The highest BCUT2D eigenvalue weighted by Crippen LogP contribution is 2.19. The number of carbonyl (C=O) groups excluding carboxylic acids is 2. The summed E-state index contributed by atoms with van der Waals surface area (Å²) in [6.45, 7) is 1.93. The third-order valence-electron chi connectivity index (χ3n) is 3.41. The van der Waals surface area contributed by atoms with Gasteiger partial charge in [0.05, 0.1) is 0 Å². The summed E-state index contributed by atoms with van der Waals surface area (Å²) in [6.07, 6.45) is 4.23. The lowest BCUT2D eigenvalue weighted by Crippen LogP contribution is -2.25. The van der Waals surface area contributed by atoms with Crippen LogP contribution < -0.4 is 16.4 Å². The first-order valence-corrected chi connectivity index (χ1v) is 7.51. The van der Waals surface area contributed by atoms with E-state index >= 15 is 0 Å². The first kappa shape index (κ1) is 15.5. The van der Waals surface area contributed by atoms with Crippen molar-refractivity contribution < 1.29 is 9.59 Å². The Morgan fingerprint density at radius 3 is 2.52 bits per heavy atom. The van der Waals surface area contributed by atoms with Crippen molar-refractivity contribution in [2.75, 3.05) is 5.32 Å². The molecule has 1 aliphatic rings. The average molecular weight is 289 g/mol. The van der Waals surface area contributed by atoms with Gasteiger partial charge < -0.3 is 16.4 Å². The van der Waals surface area contributed by atoms with Gasteiger partial charge in [0.25, 0.3) is 5.91 Å². The van der Waals surface area contributed by atoms with Gasteiger partial charge >= 0.3 is 0 Å². The summed E-state index contributed by atoms with van der Waals surface area (Å²) < 4.78 is 0. The van der Waals surface area contributed by atoms with E-state index in [-0.39, 0.29) is 17.9 Å². The second kappa shape index (κ2) is 7.22. The van der Waals surface area contributed by atoms with Crippen LogP contribution in [0.15, 0.2) is 24.3 Å². The molecule has 1 saturated carbocycles. The van der Waals surface area contributed by atoms with E-state index in [1.54, 1.807) is 24.3 Å². The van der Waals surface area contributed by atoms with E-state index in [0.717, 1.165) is 25.7 Å². The van der Waals surface area contributed by atoms with E-state index in [1.807, 2.05) is 6.92 Å². The molecule has 2 rings (SSSR count). The third kappa shape index (κ3) is 5.55. The zero-order chi connectivity index (χ0) is 15.2. The van der Waals surface area contributed by atoms with Crippen LogP contribution in [0.25, 0.3) is 0 Å². The highest BCUT2D eigenvalue weighted by molar-refractivity contribution is 5.96. The molecule has 114 valence electrons. The molecule has 1 aromatic carbocycles. The second-order valence-electron chi connectivity index (χ2n) is 5.74. The van der Waals surface area contributed by atoms with Crippen molar-refractivity contribution in [2.24, 2.45) is 5.73 Å². The molecule has 5 nitrogen and oxygen atoms in total. The number of hydrogen-bond acceptors (Lipinski definition) is 3. The smallest absolute Gasteiger partial charge is 0.251 e. The highest BCUT2D eigenvalue weighted by Gasteiger charge is 2.23. The maximum Gasteiger partial charge on any atom is 0.251 e. The van der Waals surface area contributed by atoms with Gasteiger partial charge in [0.15, 0.2) is 0 Å². The Balaban J connectivity index is 1.78. The quantitative estimate of drug-likeness (QED) is 0.718. The minimum Gasteiger partial charge on any atom is -0.349 e. The van der Waals surface area contributed by atoms with Gasteiger partial charge in [-0.1, -0.05) is 0 Å². The molecule has 4 N–H and O–H groups in total. The second-order valence-corrected chi connectivity index (χ2v) is 5.74.